The highest BCUT2D eigenvalue weighted by molar-refractivity contribution is 5.75. The minimum atomic E-state index is -0.342. The van der Waals surface area contributed by atoms with Crippen LogP contribution in [-0.4, -0.2) is 49.7 Å². The molecule has 5 heteroatoms. The Labute approximate surface area is 96.7 Å². The molecule has 0 aliphatic carbocycles. The van der Waals surface area contributed by atoms with E-state index in [0.29, 0.717) is 6.54 Å². The molecule has 0 bridgehead atoms. The second kappa shape index (κ2) is 8.10. The summed E-state index contributed by atoms with van der Waals surface area (Å²) in [5, 5.41) is 0. The summed E-state index contributed by atoms with van der Waals surface area (Å²) in [6.07, 6.45) is 0.737. The third-order valence-electron chi connectivity index (χ3n) is 1.84. The molecule has 0 aliphatic heterocycles. The predicted molar refractivity (Wildman–Crippen MR) is 60.0 cm³/mol. The summed E-state index contributed by atoms with van der Waals surface area (Å²) in [5.74, 6) is -0.654. The van der Waals surface area contributed by atoms with Crippen molar-refractivity contribution in [1.29, 1.82) is 0 Å². The first-order chi connectivity index (χ1) is 7.49. The molecule has 0 atom stereocenters. The van der Waals surface area contributed by atoms with Crippen molar-refractivity contribution in [2.24, 2.45) is 0 Å². The standard InChI is InChI=1S/C11H21NO4/c1-5-6-12(7-10(13)15-4)8-11(14)16-9(2)3/h9H,5-8H2,1-4H3. The maximum atomic E-state index is 11.4. The lowest BCUT2D eigenvalue weighted by Crippen LogP contribution is -2.37. The molecule has 0 spiro atoms. The first-order valence-corrected chi connectivity index (χ1v) is 5.48. The highest BCUT2D eigenvalue weighted by Gasteiger charge is 2.15. The Morgan fingerprint density at radius 1 is 1.19 bits per heavy atom. The van der Waals surface area contributed by atoms with E-state index in [0.717, 1.165) is 6.42 Å². The van der Waals surface area contributed by atoms with Crippen molar-refractivity contribution in [3.05, 3.63) is 0 Å². The summed E-state index contributed by atoms with van der Waals surface area (Å²) in [5.41, 5.74) is 0. The fourth-order valence-corrected chi connectivity index (χ4v) is 1.26. The van der Waals surface area contributed by atoms with Gasteiger partial charge in [-0.2, -0.15) is 0 Å². The van der Waals surface area contributed by atoms with E-state index in [-0.39, 0.29) is 31.1 Å². The molecule has 0 rings (SSSR count). The number of hydrogen-bond acceptors (Lipinski definition) is 5. The number of methoxy groups -OCH3 is 1. The van der Waals surface area contributed by atoms with Crippen LogP contribution in [0, 0.1) is 0 Å². The first kappa shape index (κ1) is 14.9. The Morgan fingerprint density at radius 3 is 2.19 bits per heavy atom. The van der Waals surface area contributed by atoms with Crippen LogP contribution in [0.3, 0.4) is 0 Å². The number of carbonyl (C=O) groups excluding carboxylic acids is 2. The van der Waals surface area contributed by atoms with Crippen molar-refractivity contribution in [3.63, 3.8) is 0 Å². The number of carbonyl (C=O) groups is 2. The average molecular weight is 231 g/mol. The minimum Gasteiger partial charge on any atom is -0.468 e. The van der Waals surface area contributed by atoms with Crippen LogP contribution in [-0.2, 0) is 19.1 Å². The van der Waals surface area contributed by atoms with Crippen LogP contribution in [0.2, 0.25) is 0 Å². The number of hydrogen-bond donors (Lipinski definition) is 0. The van der Waals surface area contributed by atoms with E-state index >= 15 is 0 Å². The van der Waals surface area contributed by atoms with Crippen molar-refractivity contribution in [2.45, 2.75) is 33.3 Å². The van der Waals surface area contributed by atoms with Gasteiger partial charge in [0.1, 0.15) is 0 Å². The molecule has 0 aromatic rings. The zero-order chi connectivity index (χ0) is 12.6. The lowest BCUT2D eigenvalue weighted by Gasteiger charge is -2.19. The molecule has 0 saturated carbocycles. The summed E-state index contributed by atoms with van der Waals surface area (Å²) in [4.78, 5) is 24.2. The normalized spacial score (nSPS) is 10.6. The van der Waals surface area contributed by atoms with Crippen molar-refractivity contribution in [2.75, 3.05) is 26.7 Å². The summed E-state index contributed by atoms with van der Waals surface area (Å²) < 4.78 is 9.57. The van der Waals surface area contributed by atoms with Gasteiger partial charge >= 0.3 is 11.9 Å². The maximum absolute atomic E-state index is 11.4. The highest BCUT2D eigenvalue weighted by atomic mass is 16.5. The lowest BCUT2D eigenvalue weighted by atomic mass is 10.4. The fraction of sp³-hybridized carbons (Fsp3) is 0.818. The van der Waals surface area contributed by atoms with Gasteiger partial charge in [-0.1, -0.05) is 6.92 Å². The van der Waals surface area contributed by atoms with Crippen LogP contribution in [0.15, 0.2) is 0 Å². The Balaban J connectivity index is 4.11. The van der Waals surface area contributed by atoms with E-state index in [1.807, 2.05) is 6.92 Å². The van der Waals surface area contributed by atoms with Crippen molar-refractivity contribution in [3.8, 4) is 0 Å². The number of rotatable bonds is 7. The molecule has 0 radical (unpaired) electrons. The van der Waals surface area contributed by atoms with Gasteiger partial charge in [0, 0.05) is 0 Å². The molecule has 0 aromatic carbocycles. The summed E-state index contributed by atoms with van der Waals surface area (Å²) >= 11 is 0. The molecule has 0 aliphatic rings. The Bertz CT molecular complexity index is 228. The first-order valence-electron chi connectivity index (χ1n) is 5.48. The molecule has 94 valence electrons. The van der Waals surface area contributed by atoms with Crippen LogP contribution >= 0.6 is 0 Å². The van der Waals surface area contributed by atoms with Gasteiger partial charge in [0.2, 0.25) is 0 Å². The van der Waals surface area contributed by atoms with E-state index in [9.17, 15) is 9.59 Å². The van der Waals surface area contributed by atoms with Crippen LogP contribution in [0.25, 0.3) is 0 Å². The summed E-state index contributed by atoms with van der Waals surface area (Å²) in [6, 6.07) is 0. The monoisotopic (exact) mass is 231 g/mol. The quantitative estimate of drug-likeness (QED) is 0.607. The van der Waals surface area contributed by atoms with E-state index in [2.05, 4.69) is 4.74 Å². The number of nitrogens with zero attached hydrogens (tertiary/aromatic N) is 1. The van der Waals surface area contributed by atoms with Crippen LogP contribution in [0.4, 0.5) is 0 Å². The predicted octanol–water partition coefficient (Wildman–Crippen LogP) is 0.823. The Kier molecular flexibility index (Phi) is 7.54. The SMILES string of the molecule is CCCN(CC(=O)OC)CC(=O)OC(C)C. The molecular formula is C11H21NO4. The molecule has 16 heavy (non-hydrogen) atoms. The van der Waals surface area contributed by atoms with Gasteiger partial charge in [-0.05, 0) is 26.8 Å². The van der Waals surface area contributed by atoms with Gasteiger partial charge in [-0.25, -0.2) is 0 Å². The van der Waals surface area contributed by atoms with Crippen LogP contribution < -0.4 is 0 Å². The molecule has 0 unspecified atom stereocenters. The molecule has 0 saturated heterocycles. The molecule has 5 nitrogen and oxygen atoms in total. The largest absolute Gasteiger partial charge is 0.468 e. The summed E-state index contributed by atoms with van der Waals surface area (Å²) in [6.45, 7) is 6.49. The van der Waals surface area contributed by atoms with Crippen molar-refractivity contribution < 1.29 is 19.1 Å². The molecule has 0 amide bonds. The third kappa shape index (κ3) is 7.23. The topological polar surface area (TPSA) is 55.8 Å². The summed E-state index contributed by atoms with van der Waals surface area (Å²) in [7, 11) is 1.33. The highest BCUT2D eigenvalue weighted by Crippen LogP contribution is 1.96. The second-order valence-electron chi connectivity index (χ2n) is 3.83. The molecule has 0 fully saturated rings. The number of ether oxygens (including phenoxy) is 2. The van der Waals surface area contributed by atoms with Crippen molar-refractivity contribution in [1.82, 2.24) is 4.90 Å². The molecule has 0 aromatic heterocycles. The smallest absolute Gasteiger partial charge is 0.320 e. The van der Waals surface area contributed by atoms with Crippen LogP contribution in [0.1, 0.15) is 27.2 Å². The van der Waals surface area contributed by atoms with Gasteiger partial charge in [0.05, 0.1) is 26.3 Å². The van der Waals surface area contributed by atoms with Gasteiger partial charge < -0.3 is 9.47 Å². The molecular weight excluding hydrogens is 210 g/mol. The van der Waals surface area contributed by atoms with Gasteiger partial charge in [-0.3, -0.25) is 14.5 Å². The van der Waals surface area contributed by atoms with Crippen molar-refractivity contribution >= 4 is 11.9 Å². The zero-order valence-electron chi connectivity index (χ0n) is 10.5. The number of esters is 2. The van der Waals surface area contributed by atoms with E-state index < -0.39 is 0 Å². The van der Waals surface area contributed by atoms with E-state index in [4.69, 9.17) is 4.74 Å². The third-order valence-corrected chi connectivity index (χ3v) is 1.84. The van der Waals surface area contributed by atoms with Crippen LogP contribution in [0.5, 0.6) is 0 Å². The van der Waals surface area contributed by atoms with Gasteiger partial charge in [0.25, 0.3) is 0 Å². The van der Waals surface area contributed by atoms with Gasteiger partial charge in [-0.15, -0.1) is 0 Å². The minimum absolute atomic E-state index is 0.123. The fourth-order valence-electron chi connectivity index (χ4n) is 1.26. The van der Waals surface area contributed by atoms with E-state index in [1.165, 1.54) is 7.11 Å². The molecule has 0 heterocycles. The Morgan fingerprint density at radius 2 is 1.75 bits per heavy atom. The average Bonchev–Trinajstić information content (AvgIpc) is 2.16. The zero-order valence-corrected chi connectivity index (χ0v) is 10.5. The van der Waals surface area contributed by atoms with E-state index in [1.54, 1.807) is 18.7 Å². The second-order valence-corrected chi connectivity index (χ2v) is 3.83. The molecule has 0 N–H and O–H groups in total. The van der Waals surface area contributed by atoms with Gasteiger partial charge in [0.15, 0.2) is 0 Å². The maximum Gasteiger partial charge on any atom is 0.320 e. The lowest BCUT2D eigenvalue weighted by molar-refractivity contribution is -0.150. The Hall–Kier alpha value is -1.10.